The van der Waals surface area contributed by atoms with Gasteiger partial charge in [-0.2, -0.15) is 0 Å². The smallest absolute Gasteiger partial charge is 0.258 e. The lowest BCUT2D eigenvalue weighted by molar-refractivity contribution is 0.102. The molecule has 0 aliphatic heterocycles. The molecule has 0 bridgehead atoms. The van der Waals surface area contributed by atoms with Crippen molar-refractivity contribution in [1.29, 1.82) is 0 Å². The molecule has 4 aromatic rings. The lowest BCUT2D eigenvalue weighted by Gasteiger charge is -2.05. The summed E-state index contributed by atoms with van der Waals surface area (Å²) in [6.07, 6.45) is 0. The molecular weight excluding hydrogens is 372 g/mol. The second-order valence-corrected chi connectivity index (χ2v) is 6.82. The molecule has 0 radical (unpaired) electrons. The zero-order chi connectivity index (χ0) is 18.1. The van der Waals surface area contributed by atoms with Crippen LogP contribution in [-0.2, 0) is 0 Å². The molecule has 4 rings (SSSR count). The number of aromatic amines is 1. The zero-order valence-corrected chi connectivity index (χ0v) is 14.8. The molecule has 2 aromatic heterocycles. The van der Waals surface area contributed by atoms with Crippen LogP contribution < -0.4 is 10.9 Å². The normalized spacial score (nSPS) is 10.8. The summed E-state index contributed by atoms with van der Waals surface area (Å²) in [6, 6.07) is 15.7. The fourth-order valence-electron chi connectivity index (χ4n) is 2.57. The van der Waals surface area contributed by atoms with Gasteiger partial charge in [-0.1, -0.05) is 59.3 Å². The molecule has 0 saturated carbocycles. The van der Waals surface area contributed by atoms with Gasteiger partial charge in [0, 0.05) is 22.5 Å². The van der Waals surface area contributed by atoms with E-state index in [0.717, 1.165) is 5.56 Å². The van der Waals surface area contributed by atoms with E-state index in [9.17, 15) is 9.59 Å². The van der Waals surface area contributed by atoms with E-state index in [1.807, 2.05) is 18.2 Å². The summed E-state index contributed by atoms with van der Waals surface area (Å²) in [5.74, 6) is -0.422. The van der Waals surface area contributed by atoms with Gasteiger partial charge in [-0.15, -0.1) is 10.2 Å². The van der Waals surface area contributed by atoms with E-state index < -0.39 is 5.91 Å². The number of halogens is 1. The predicted molar refractivity (Wildman–Crippen MR) is 103 cm³/mol. The first-order valence-corrected chi connectivity index (χ1v) is 8.83. The van der Waals surface area contributed by atoms with Crippen LogP contribution in [-0.4, -0.2) is 21.1 Å². The maximum atomic E-state index is 12.6. The highest BCUT2D eigenvalue weighted by Gasteiger charge is 2.15. The number of hydrogen-bond donors (Lipinski definition) is 2. The Morgan fingerprint density at radius 1 is 1.08 bits per heavy atom. The number of rotatable bonds is 3. The van der Waals surface area contributed by atoms with Crippen molar-refractivity contribution in [1.82, 2.24) is 15.2 Å². The van der Waals surface area contributed by atoms with Gasteiger partial charge in [0.05, 0.1) is 10.6 Å². The highest BCUT2D eigenvalue weighted by Crippen LogP contribution is 2.31. The van der Waals surface area contributed by atoms with Crippen LogP contribution in [0.25, 0.3) is 21.5 Å². The average Bonchev–Trinajstić information content (AvgIpc) is 3.09. The highest BCUT2D eigenvalue weighted by atomic mass is 35.5. The van der Waals surface area contributed by atoms with Crippen molar-refractivity contribution in [3.8, 4) is 10.6 Å². The standard InChI is InChI=1S/C18H11ClN4O2S/c19-13-7-3-1-6-11(13)17-22-23-18(26-17)21-16(25)12-9-15(24)20-14-8-4-2-5-10(12)14/h1-9H,(H,20,24)(H,21,23,25). The van der Waals surface area contributed by atoms with Gasteiger partial charge in [0.15, 0.2) is 5.01 Å². The van der Waals surface area contributed by atoms with E-state index in [-0.39, 0.29) is 11.1 Å². The minimum absolute atomic E-state index is 0.277. The maximum Gasteiger partial charge on any atom is 0.258 e. The van der Waals surface area contributed by atoms with Gasteiger partial charge in [-0.05, 0) is 12.1 Å². The van der Waals surface area contributed by atoms with Crippen molar-refractivity contribution >= 4 is 44.9 Å². The zero-order valence-electron chi connectivity index (χ0n) is 13.2. The number of H-pyrrole nitrogens is 1. The lowest BCUT2D eigenvalue weighted by atomic mass is 10.1. The number of pyridine rings is 1. The Labute approximate surface area is 156 Å². The molecule has 0 aliphatic rings. The van der Waals surface area contributed by atoms with E-state index in [0.29, 0.717) is 26.1 Å². The number of nitrogens with one attached hydrogen (secondary N) is 2. The third-order valence-corrected chi connectivity index (χ3v) is 4.95. The number of fused-ring (bicyclic) bond motifs is 1. The Balaban J connectivity index is 1.66. The number of para-hydroxylation sites is 1. The second-order valence-electron chi connectivity index (χ2n) is 5.44. The maximum absolute atomic E-state index is 12.6. The first kappa shape index (κ1) is 16.4. The minimum Gasteiger partial charge on any atom is -0.322 e. The van der Waals surface area contributed by atoms with Crippen LogP contribution in [0.1, 0.15) is 10.4 Å². The van der Waals surface area contributed by atoms with Crippen molar-refractivity contribution in [2.75, 3.05) is 5.32 Å². The number of carbonyl (C=O) groups excluding carboxylic acids is 1. The van der Waals surface area contributed by atoms with Crippen LogP contribution in [0.4, 0.5) is 5.13 Å². The van der Waals surface area contributed by atoms with E-state index in [1.54, 1.807) is 30.3 Å². The third-order valence-electron chi connectivity index (χ3n) is 3.74. The molecule has 26 heavy (non-hydrogen) atoms. The summed E-state index contributed by atoms with van der Waals surface area (Å²) in [7, 11) is 0. The number of hydrogen-bond acceptors (Lipinski definition) is 5. The van der Waals surface area contributed by atoms with E-state index >= 15 is 0 Å². The van der Waals surface area contributed by atoms with E-state index in [4.69, 9.17) is 11.6 Å². The number of aromatic nitrogens is 3. The summed E-state index contributed by atoms with van der Waals surface area (Å²) < 4.78 is 0. The van der Waals surface area contributed by atoms with Gasteiger partial charge in [-0.3, -0.25) is 14.9 Å². The monoisotopic (exact) mass is 382 g/mol. The number of carbonyl (C=O) groups is 1. The Kier molecular flexibility index (Phi) is 4.24. The van der Waals surface area contributed by atoms with Gasteiger partial charge in [-0.25, -0.2) is 0 Å². The van der Waals surface area contributed by atoms with E-state index in [1.165, 1.54) is 17.4 Å². The van der Waals surface area contributed by atoms with Gasteiger partial charge in [0.1, 0.15) is 0 Å². The molecule has 2 N–H and O–H groups in total. The molecule has 0 atom stereocenters. The summed E-state index contributed by atoms with van der Waals surface area (Å²) in [4.78, 5) is 27.2. The van der Waals surface area contributed by atoms with Crippen molar-refractivity contribution in [3.05, 3.63) is 75.5 Å². The molecule has 6 nitrogen and oxygen atoms in total. The van der Waals surface area contributed by atoms with Crippen LogP contribution in [0.5, 0.6) is 0 Å². The topological polar surface area (TPSA) is 87.7 Å². The molecule has 2 aromatic carbocycles. The lowest BCUT2D eigenvalue weighted by Crippen LogP contribution is -2.16. The van der Waals surface area contributed by atoms with Gasteiger partial charge in [0.25, 0.3) is 5.91 Å². The molecular formula is C18H11ClN4O2S. The van der Waals surface area contributed by atoms with Crippen LogP contribution in [0, 0.1) is 0 Å². The van der Waals surface area contributed by atoms with Crippen LogP contribution in [0.3, 0.4) is 0 Å². The first-order chi connectivity index (χ1) is 12.6. The van der Waals surface area contributed by atoms with Gasteiger partial charge in [0.2, 0.25) is 10.7 Å². The minimum atomic E-state index is -0.422. The van der Waals surface area contributed by atoms with Crippen LogP contribution >= 0.6 is 22.9 Å². The Morgan fingerprint density at radius 2 is 1.85 bits per heavy atom. The quantitative estimate of drug-likeness (QED) is 0.561. The van der Waals surface area contributed by atoms with Crippen molar-refractivity contribution < 1.29 is 4.79 Å². The highest BCUT2D eigenvalue weighted by molar-refractivity contribution is 7.18. The number of benzene rings is 2. The molecule has 0 spiro atoms. The largest absolute Gasteiger partial charge is 0.322 e. The van der Waals surface area contributed by atoms with Crippen molar-refractivity contribution in [3.63, 3.8) is 0 Å². The number of anilines is 1. The molecule has 128 valence electrons. The number of nitrogens with zero attached hydrogens (tertiary/aromatic N) is 2. The Hall–Kier alpha value is -3.03. The molecule has 1 amide bonds. The fourth-order valence-corrected chi connectivity index (χ4v) is 3.63. The first-order valence-electron chi connectivity index (χ1n) is 7.63. The van der Waals surface area contributed by atoms with E-state index in [2.05, 4.69) is 20.5 Å². The average molecular weight is 383 g/mol. The summed E-state index contributed by atoms with van der Waals surface area (Å²) in [6.45, 7) is 0. The third kappa shape index (κ3) is 3.10. The van der Waals surface area contributed by atoms with Crippen molar-refractivity contribution in [2.45, 2.75) is 0 Å². The Morgan fingerprint density at radius 3 is 2.69 bits per heavy atom. The molecule has 0 fully saturated rings. The summed E-state index contributed by atoms with van der Waals surface area (Å²) >= 11 is 7.37. The predicted octanol–water partition coefficient (Wildman–Crippen LogP) is 3.95. The number of amides is 1. The SMILES string of the molecule is O=C(Nc1nnc(-c2ccccc2Cl)s1)c1cc(=O)[nH]c2ccccc12. The molecule has 0 unspecified atom stereocenters. The Bertz CT molecular complexity index is 1190. The fraction of sp³-hybridized carbons (Fsp3) is 0. The molecule has 0 aliphatic carbocycles. The van der Waals surface area contributed by atoms with Crippen molar-refractivity contribution in [2.24, 2.45) is 0 Å². The van der Waals surface area contributed by atoms with Gasteiger partial charge >= 0.3 is 0 Å². The molecule has 2 heterocycles. The van der Waals surface area contributed by atoms with Crippen LogP contribution in [0.15, 0.2) is 59.4 Å². The van der Waals surface area contributed by atoms with Crippen LogP contribution in [0.2, 0.25) is 5.02 Å². The molecule has 0 saturated heterocycles. The van der Waals surface area contributed by atoms with Gasteiger partial charge < -0.3 is 4.98 Å². The summed E-state index contributed by atoms with van der Waals surface area (Å²) in [5.41, 5.74) is 1.27. The second kappa shape index (κ2) is 6.70. The molecule has 8 heteroatoms. The summed E-state index contributed by atoms with van der Waals surface area (Å²) in [5, 5.41) is 12.9.